The molecule has 2 aromatic heterocycles. The Morgan fingerprint density at radius 1 is 1.26 bits per heavy atom. The number of hydrogen-bond acceptors (Lipinski definition) is 7. The maximum atomic E-state index is 12.4. The zero-order chi connectivity index (χ0) is 19.4. The first-order chi connectivity index (χ1) is 13.0. The lowest BCUT2D eigenvalue weighted by atomic mass is 10.3. The van der Waals surface area contributed by atoms with Crippen LogP contribution in [0.4, 0.5) is 11.7 Å². The van der Waals surface area contributed by atoms with Gasteiger partial charge in [-0.25, -0.2) is 9.48 Å². The van der Waals surface area contributed by atoms with E-state index in [0.717, 1.165) is 6.07 Å². The van der Waals surface area contributed by atoms with Crippen LogP contribution in [0.5, 0.6) is 0 Å². The van der Waals surface area contributed by atoms with Crippen LogP contribution in [0.1, 0.15) is 27.8 Å². The van der Waals surface area contributed by atoms with Gasteiger partial charge >= 0.3 is 11.9 Å². The van der Waals surface area contributed by atoms with Gasteiger partial charge in [0.15, 0.2) is 11.6 Å². The number of nitrogens with zero attached hydrogens (tertiary/aromatic N) is 3. The smallest absolute Gasteiger partial charge is 0.433 e. The second kappa shape index (κ2) is 7.52. The number of nitrogens with one attached hydrogen (secondary N) is 1. The summed E-state index contributed by atoms with van der Waals surface area (Å²) in [6, 6.07) is 11.0. The summed E-state index contributed by atoms with van der Waals surface area (Å²) in [5.41, 5.74) is 0.629. The van der Waals surface area contributed by atoms with E-state index < -0.39 is 22.7 Å². The summed E-state index contributed by atoms with van der Waals surface area (Å²) in [4.78, 5) is 34.6. The molecule has 0 radical (unpaired) electrons. The highest BCUT2D eigenvalue weighted by Gasteiger charge is 2.24. The molecule has 1 N–H and O–H groups in total. The molecule has 0 aliphatic carbocycles. The first-order valence-electron chi connectivity index (χ1n) is 7.87. The lowest BCUT2D eigenvalue weighted by molar-refractivity contribution is -0.402. The van der Waals surface area contributed by atoms with Crippen molar-refractivity contribution in [1.82, 2.24) is 9.78 Å². The van der Waals surface area contributed by atoms with Crippen molar-refractivity contribution in [3.8, 4) is 5.69 Å². The van der Waals surface area contributed by atoms with Crippen molar-refractivity contribution in [2.24, 2.45) is 0 Å². The Bertz CT molecular complexity index is 992. The molecule has 10 heteroatoms. The van der Waals surface area contributed by atoms with Gasteiger partial charge in [-0.1, -0.05) is 18.2 Å². The van der Waals surface area contributed by atoms with Gasteiger partial charge in [-0.05, 0) is 25.1 Å². The van der Waals surface area contributed by atoms with Crippen molar-refractivity contribution < 1.29 is 23.7 Å². The fourth-order valence-corrected chi connectivity index (χ4v) is 2.31. The molecule has 0 aliphatic heterocycles. The van der Waals surface area contributed by atoms with Crippen LogP contribution < -0.4 is 5.32 Å². The van der Waals surface area contributed by atoms with E-state index in [2.05, 4.69) is 10.4 Å². The average molecular weight is 370 g/mol. The van der Waals surface area contributed by atoms with Crippen LogP contribution in [-0.4, -0.2) is 33.2 Å². The average Bonchev–Trinajstić information content (AvgIpc) is 3.30. The second-order valence-corrected chi connectivity index (χ2v) is 5.22. The summed E-state index contributed by atoms with van der Waals surface area (Å²) in [5, 5.41) is 17.4. The number of nitro groups is 1. The third-order valence-electron chi connectivity index (χ3n) is 3.49. The third-order valence-corrected chi connectivity index (χ3v) is 3.49. The molecule has 0 unspecified atom stereocenters. The molecule has 10 nitrogen and oxygen atoms in total. The number of rotatable bonds is 6. The van der Waals surface area contributed by atoms with Gasteiger partial charge in [0.1, 0.15) is 10.5 Å². The van der Waals surface area contributed by atoms with E-state index in [1.54, 1.807) is 37.3 Å². The van der Waals surface area contributed by atoms with Crippen LogP contribution in [0.15, 0.2) is 53.1 Å². The molecule has 3 aromatic rings. The number of furan rings is 1. The Hall–Kier alpha value is -3.95. The van der Waals surface area contributed by atoms with Crippen molar-refractivity contribution in [2.45, 2.75) is 6.92 Å². The maximum Gasteiger partial charge on any atom is 0.433 e. The Morgan fingerprint density at radius 3 is 2.63 bits per heavy atom. The van der Waals surface area contributed by atoms with Crippen molar-refractivity contribution in [1.29, 1.82) is 0 Å². The van der Waals surface area contributed by atoms with Crippen LogP contribution in [0.3, 0.4) is 0 Å². The Balaban J connectivity index is 1.98. The number of hydrogen-bond donors (Lipinski definition) is 1. The predicted octanol–water partition coefficient (Wildman–Crippen LogP) is 2.80. The van der Waals surface area contributed by atoms with E-state index in [1.165, 1.54) is 16.9 Å². The number of carbonyl (C=O) groups excluding carboxylic acids is 2. The number of carbonyl (C=O) groups is 2. The first kappa shape index (κ1) is 17.9. The van der Waals surface area contributed by atoms with E-state index in [4.69, 9.17) is 9.15 Å². The van der Waals surface area contributed by atoms with E-state index in [-0.39, 0.29) is 23.7 Å². The lowest BCUT2D eigenvalue weighted by Gasteiger charge is -2.10. The van der Waals surface area contributed by atoms with Gasteiger partial charge in [0, 0.05) is 0 Å². The molecule has 0 bridgehead atoms. The molecule has 0 fully saturated rings. The fourth-order valence-electron chi connectivity index (χ4n) is 2.31. The topological polar surface area (TPSA) is 130 Å². The minimum atomic E-state index is -0.772. The van der Waals surface area contributed by atoms with Crippen LogP contribution >= 0.6 is 0 Å². The molecule has 138 valence electrons. The number of benzene rings is 1. The summed E-state index contributed by atoms with van der Waals surface area (Å²) in [6.07, 6.45) is 1.27. The molecule has 27 heavy (non-hydrogen) atoms. The molecule has 0 saturated heterocycles. The van der Waals surface area contributed by atoms with Crippen molar-refractivity contribution >= 4 is 23.6 Å². The summed E-state index contributed by atoms with van der Waals surface area (Å²) in [5.74, 6) is -2.23. The van der Waals surface area contributed by atoms with Gasteiger partial charge in [-0.15, -0.1) is 0 Å². The number of amides is 1. The zero-order valence-corrected chi connectivity index (χ0v) is 14.1. The van der Waals surface area contributed by atoms with E-state index >= 15 is 0 Å². The largest absolute Gasteiger partial charge is 0.462 e. The maximum absolute atomic E-state index is 12.4. The molecular weight excluding hydrogens is 356 g/mol. The highest BCUT2D eigenvalue weighted by atomic mass is 16.6. The Morgan fingerprint density at radius 2 is 2.00 bits per heavy atom. The standard InChI is InChI=1S/C17H14N4O6/c1-2-26-17(23)12-10-18-20(11-6-4-3-5-7-11)15(12)19-16(22)13-8-9-14(27-13)21(24)25/h3-10H,2H2,1H3,(H,19,22). The summed E-state index contributed by atoms with van der Waals surface area (Å²) in [6.45, 7) is 1.80. The summed E-state index contributed by atoms with van der Waals surface area (Å²) < 4.78 is 11.2. The molecule has 1 aromatic carbocycles. The molecule has 1 amide bonds. The van der Waals surface area contributed by atoms with E-state index in [9.17, 15) is 19.7 Å². The summed E-state index contributed by atoms with van der Waals surface area (Å²) >= 11 is 0. The molecule has 0 saturated carbocycles. The molecule has 0 spiro atoms. The van der Waals surface area contributed by atoms with Gasteiger partial charge in [0.2, 0.25) is 0 Å². The number of anilines is 1. The highest BCUT2D eigenvalue weighted by Crippen LogP contribution is 2.23. The van der Waals surface area contributed by atoms with E-state index in [0.29, 0.717) is 5.69 Å². The highest BCUT2D eigenvalue weighted by molar-refractivity contribution is 6.06. The second-order valence-electron chi connectivity index (χ2n) is 5.22. The lowest BCUT2D eigenvalue weighted by Crippen LogP contribution is -2.17. The van der Waals surface area contributed by atoms with Crippen molar-refractivity contribution in [3.63, 3.8) is 0 Å². The van der Waals surface area contributed by atoms with Crippen LogP contribution in [0.2, 0.25) is 0 Å². The number of aromatic nitrogens is 2. The first-order valence-corrected chi connectivity index (χ1v) is 7.87. The Kier molecular flexibility index (Phi) is 4.97. The van der Waals surface area contributed by atoms with Gasteiger partial charge in [0.05, 0.1) is 24.6 Å². The van der Waals surface area contributed by atoms with Gasteiger partial charge in [0.25, 0.3) is 5.91 Å². The molecule has 0 aliphatic rings. The summed E-state index contributed by atoms with van der Waals surface area (Å²) in [7, 11) is 0. The molecule has 0 atom stereocenters. The van der Waals surface area contributed by atoms with Gasteiger partial charge < -0.3 is 14.5 Å². The fraction of sp³-hybridized carbons (Fsp3) is 0.118. The normalized spacial score (nSPS) is 10.4. The van der Waals surface area contributed by atoms with Crippen LogP contribution in [0.25, 0.3) is 5.69 Å². The number of ether oxygens (including phenoxy) is 1. The van der Waals surface area contributed by atoms with Gasteiger partial charge in [-0.2, -0.15) is 5.10 Å². The Labute approximate surface area is 152 Å². The minimum absolute atomic E-state index is 0.0371. The van der Waals surface area contributed by atoms with E-state index in [1.807, 2.05) is 0 Å². The molecular formula is C17H14N4O6. The van der Waals surface area contributed by atoms with Crippen molar-refractivity contribution in [3.05, 3.63) is 70.1 Å². The van der Waals surface area contributed by atoms with Crippen LogP contribution in [0, 0.1) is 10.1 Å². The van der Waals surface area contributed by atoms with Crippen molar-refractivity contribution in [2.75, 3.05) is 11.9 Å². The zero-order valence-electron chi connectivity index (χ0n) is 14.1. The minimum Gasteiger partial charge on any atom is -0.462 e. The molecule has 2 heterocycles. The van der Waals surface area contributed by atoms with Gasteiger partial charge in [-0.3, -0.25) is 14.9 Å². The quantitative estimate of drug-likeness (QED) is 0.401. The monoisotopic (exact) mass is 370 g/mol. The third kappa shape index (κ3) is 3.68. The predicted molar refractivity (Wildman–Crippen MR) is 92.8 cm³/mol. The number of esters is 1. The molecule has 3 rings (SSSR count). The SMILES string of the molecule is CCOC(=O)c1cnn(-c2ccccc2)c1NC(=O)c1ccc([N+](=O)[O-])o1. The number of para-hydroxylation sites is 1. The van der Waals surface area contributed by atoms with Crippen LogP contribution in [-0.2, 0) is 4.74 Å².